The first kappa shape index (κ1) is 15.1. The molecule has 0 aromatic heterocycles. The van der Waals surface area contributed by atoms with Crippen LogP contribution in [0.3, 0.4) is 0 Å². The molecule has 106 valence electrons. The summed E-state index contributed by atoms with van der Waals surface area (Å²) in [6.07, 6.45) is 3.00. The summed E-state index contributed by atoms with van der Waals surface area (Å²) in [7, 11) is 0. The third-order valence-corrected chi connectivity index (χ3v) is 4.52. The highest BCUT2D eigenvalue weighted by Crippen LogP contribution is 2.35. The van der Waals surface area contributed by atoms with Crippen molar-refractivity contribution in [2.75, 3.05) is 0 Å². The molecule has 2 aromatic carbocycles. The van der Waals surface area contributed by atoms with Crippen LogP contribution in [-0.4, -0.2) is 0 Å². The van der Waals surface area contributed by atoms with Gasteiger partial charge in [-0.1, -0.05) is 49.7 Å². The highest BCUT2D eigenvalue weighted by molar-refractivity contribution is 6.30. The van der Waals surface area contributed by atoms with Crippen LogP contribution in [0.2, 0.25) is 5.02 Å². The number of hydrogen-bond acceptors (Lipinski definition) is 0. The molecule has 0 bridgehead atoms. The molecule has 0 heterocycles. The minimum Gasteiger partial charge on any atom is -0.207 e. The Balaban J connectivity index is 2.33. The first-order valence-corrected chi connectivity index (χ1v) is 7.48. The zero-order chi connectivity index (χ0) is 14.6. The van der Waals surface area contributed by atoms with Crippen LogP contribution in [-0.2, 0) is 11.8 Å². The summed E-state index contributed by atoms with van der Waals surface area (Å²) in [5.74, 6) is -0.179. The Kier molecular flexibility index (Phi) is 4.82. The van der Waals surface area contributed by atoms with Crippen LogP contribution < -0.4 is 0 Å². The van der Waals surface area contributed by atoms with Crippen molar-refractivity contribution in [3.8, 4) is 0 Å². The first-order valence-electron chi connectivity index (χ1n) is 7.10. The number of rotatable bonds is 5. The topological polar surface area (TPSA) is 0 Å². The molecule has 0 fully saturated rings. The molecule has 0 aliphatic carbocycles. The molecule has 0 saturated carbocycles. The lowest BCUT2D eigenvalue weighted by Crippen LogP contribution is -2.27. The van der Waals surface area contributed by atoms with E-state index in [9.17, 15) is 4.39 Å². The maximum absolute atomic E-state index is 13.1. The van der Waals surface area contributed by atoms with Crippen molar-refractivity contribution in [1.29, 1.82) is 0 Å². The second-order valence-electron chi connectivity index (χ2n) is 5.30. The largest absolute Gasteiger partial charge is 0.207 e. The second kappa shape index (κ2) is 6.41. The fraction of sp³-hybridized carbons (Fsp3) is 0.333. The van der Waals surface area contributed by atoms with Gasteiger partial charge in [0.05, 0.1) is 0 Å². The highest BCUT2D eigenvalue weighted by Gasteiger charge is 2.28. The Bertz CT molecular complexity index is 539. The zero-order valence-electron chi connectivity index (χ0n) is 12.0. The van der Waals surface area contributed by atoms with Gasteiger partial charge < -0.3 is 0 Å². The molecule has 2 rings (SSSR count). The van der Waals surface area contributed by atoms with E-state index in [2.05, 4.69) is 26.0 Å². The fourth-order valence-electron chi connectivity index (χ4n) is 2.81. The van der Waals surface area contributed by atoms with Gasteiger partial charge in [0, 0.05) is 5.02 Å². The average molecular weight is 291 g/mol. The van der Waals surface area contributed by atoms with E-state index in [1.54, 1.807) is 12.1 Å². The van der Waals surface area contributed by atoms with E-state index in [0.717, 1.165) is 24.3 Å². The van der Waals surface area contributed by atoms with E-state index in [0.29, 0.717) is 0 Å². The summed E-state index contributed by atoms with van der Waals surface area (Å²) in [6, 6.07) is 14.9. The highest BCUT2D eigenvalue weighted by atomic mass is 35.5. The SMILES string of the molecule is CCC(CC)(Cc1ccc(Cl)cc1)c1ccc(F)cc1. The minimum atomic E-state index is -0.179. The second-order valence-corrected chi connectivity index (χ2v) is 5.73. The Morgan fingerprint density at radius 1 is 0.900 bits per heavy atom. The van der Waals surface area contributed by atoms with Crippen molar-refractivity contribution in [2.45, 2.75) is 38.5 Å². The molecule has 0 radical (unpaired) electrons. The van der Waals surface area contributed by atoms with E-state index < -0.39 is 0 Å². The van der Waals surface area contributed by atoms with Gasteiger partial charge >= 0.3 is 0 Å². The summed E-state index contributed by atoms with van der Waals surface area (Å²) in [6.45, 7) is 4.39. The molecule has 2 aromatic rings. The van der Waals surface area contributed by atoms with E-state index in [1.165, 1.54) is 11.1 Å². The van der Waals surface area contributed by atoms with Crippen LogP contribution in [0.4, 0.5) is 4.39 Å². The molecule has 0 unspecified atom stereocenters. The van der Waals surface area contributed by atoms with Crippen LogP contribution in [0, 0.1) is 5.82 Å². The summed E-state index contributed by atoms with van der Waals surface area (Å²) in [5, 5.41) is 0.758. The van der Waals surface area contributed by atoms with E-state index in [1.807, 2.05) is 24.3 Å². The Morgan fingerprint density at radius 2 is 1.45 bits per heavy atom. The molecule has 0 spiro atoms. The normalized spacial score (nSPS) is 11.6. The molecular formula is C18H20ClF. The smallest absolute Gasteiger partial charge is 0.123 e. The molecule has 0 aliphatic heterocycles. The van der Waals surface area contributed by atoms with Gasteiger partial charge in [-0.2, -0.15) is 0 Å². The molecule has 0 N–H and O–H groups in total. The van der Waals surface area contributed by atoms with Gasteiger partial charge in [0.15, 0.2) is 0 Å². The van der Waals surface area contributed by atoms with Gasteiger partial charge in [0.2, 0.25) is 0 Å². The van der Waals surface area contributed by atoms with Gasteiger partial charge in [0.25, 0.3) is 0 Å². The summed E-state index contributed by atoms with van der Waals surface area (Å²) in [4.78, 5) is 0. The first-order chi connectivity index (χ1) is 9.59. The summed E-state index contributed by atoms with van der Waals surface area (Å²) >= 11 is 5.94. The third kappa shape index (κ3) is 3.21. The van der Waals surface area contributed by atoms with E-state index >= 15 is 0 Å². The molecule has 0 nitrogen and oxygen atoms in total. The molecule has 20 heavy (non-hydrogen) atoms. The van der Waals surface area contributed by atoms with Gasteiger partial charge in [0.1, 0.15) is 5.82 Å². The van der Waals surface area contributed by atoms with E-state index in [4.69, 9.17) is 11.6 Å². The van der Waals surface area contributed by atoms with Crippen LogP contribution in [0.25, 0.3) is 0 Å². The van der Waals surface area contributed by atoms with Crippen molar-refractivity contribution in [3.05, 3.63) is 70.5 Å². The maximum atomic E-state index is 13.1. The van der Waals surface area contributed by atoms with Crippen LogP contribution >= 0.6 is 11.6 Å². The number of hydrogen-bond donors (Lipinski definition) is 0. The molecule has 0 saturated heterocycles. The zero-order valence-corrected chi connectivity index (χ0v) is 12.8. The number of halogens is 2. The Hall–Kier alpha value is -1.34. The maximum Gasteiger partial charge on any atom is 0.123 e. The Labute approximate surface area is 125 Å². The van der Waals surface area contributed by atoms with Crippen LogP contribution in [0.15, 0.2) is 48.5 Å². The van der Waals surface area contributed by atoms with Crippen molar-refractivity contribution < 1.29 is 4.39 Å². The molecule has 0 amide bonds. The predicted molar refractivity (Wildman–Crippen MR) is 83.8 cm³/mol. The van der Waals surface area contributed by atoms with Gasteiger partial charge in [-0.15, -0.1) is 0 Å². The molecule has 2 heteroatoms. The van der Waals surface area contributed by atoms with Gasteiger partial charge in [-0.25, -0.2) is 4.39 Å². The molecular weight excluding hydrogens is 271 g/mol. The van der Waals surface area contributed by atoms with Gasteiger partial charge in [-0.3, -0.25) is 0 Å². The van der Waals surface area contributed by atoms with Crippen molar-refractivity contribution in [3.63, 3.8) is 0 Å². The standard InChI is InChI=1S/C18H20ClF/c1-3-18(4-2,15-7-11-17(20)12-8-15)13-14-5-9-16(19)10-6-14/h5-12H,3-4,13H2,1-2H3. The molecule has 0 aliphatic rings. The lowest BCUT2D eigenvalue weighted by Gasteiger charge is -2.33. The lowest BCUT2D eigenvalue weighted by molar-refractivity contribution is 0.392. The molecule has 0 atom stereocenters. The van der Waals surface area contributed by atoms with Crippen LogP contribution in [0.1, 0.15) is 37.8 Å². The average Bonchev–Trinajstić information content (AvgIpc) is 2.48. The number of benzene rings is 2. The fourth-order valence-corrected chi connectivity index (χ4v) is 2.93. The lowest BCUT2D eigenvalue weighted by atomic mass is 9.71. The summed E-state index contributed by atoms with van der Waals surface area (Å²) < 4.78 is 13.1. The minimum absolute atomic E-state index is 0.0571. The Morgan fingerprint density at radius 3 is 1.95 bits per heavy atom. The monoisotopic (exact) mass is 290 g/mol. The van der Waals surface area contributed by atoms with Crippen molar-refractivity contribution in [1.82, 2.24) is 0 Å². The predicted octanol–water partition coefficient (Wildman–Crippen LogP) is 5.78. The van der Waals surface area contributed by atoms with Crippen LogP contribution in [0.5, 0.6) is 0 Å². The quantitative estimate of drug-likeness (QED) is 0.655. The summed E-state index contributed by atoms with van der Waals surface area (Å²) in [5.41, 5.74) is 2.53. The van der Waals surface area contributed by atoms with Gasteiger partial charge in [-0.05, 0) is 60.1 Å². The third-order valence-electron chi connectivity index (χ3n) is 4.27. The van der Waals surface area contributed by atoms with E-state index in [-0.39, 0.29) is 11.2 Å². The van der Waals surface area contributed by atoms with Crippen molar-refractivity contribution >= 4 is 11.6 Å². The van der Waals surface area contributed by atoms with Crippen molar-refractivity contribution in [2.24, 2.45) is 0 Å².